The highest BCUT2D eigenvalue weighted by Crippen LogP contribution is 2.43. The van der Waals surface area contributed by atoms with Crippen molar-refractivity contribution in [2.75, 3.05) is 26.3 Å². The van der Waals surface area contributed by atoms with Gasteiger partial charge in [0.25, 0.3) is 5.91 Å². The number of benzene rings is 1. The average molecular weight is 389 g/mol. The van der Waals surface area contributed by atoms with Crippen LogP contribution in [0.25, 0.3) is 0 Å². The van der Waals surface area contributed by atoms with Crippen LogP contribution in [0.15, 0.2) is 18.2 Å². The topological polar surface area (TPSA) is 76.1 Å². The van der Waals surface area contributed by atoms with Crippen molar-refractivity contribution in [2.24, 2.45) is 11.3 Å². The minimum atomic E-state index is -1.09. The van der Waals surface area contributed by atoms with Gasteiger partial charge in [-0.1, -0.05) is 26.0 Å². The van der Waals surface area contributed by atoms with Crippen LogP contribution in [-0.4, -0.2) is 53.8 Å². The third-order valence-electron chi connectivity index (χ3n) is 6.09. The van der Waals surface area contributed by atoms with Gasteiger partial charge < -0.3 is 19.5 Å². The zero-order valence-corrected chi connectivity index (χ0v) is 17.4. The Bertz CT molecular complexity index is 772. The first kappa shape index (κ1) is 20.6. The second-order valence-electron chi connectivity index (χ2n) is 8.98. The van der Waals surface area contributed by atoms with E-state index in [9.17, 15) is 14.7 Å². The summed E-state index contributed by atoms with van der Waals surface area (Å²) < 4.78 is 11.7. The Labute approximate surface area is 166 Å². The van der Waals surface area contributed by atoms with Crippen LogP contribution in [0.4, 0.5) is 0 Å². The number of carbonyl (C=O) groups excluding carboxylic acids is 1. The maximum absolute atomic E-state index is 13.3. The lowest BCUT2D eigenvalue weighted by molar-refractivity contribution is -0.158. The number of carboxylic acid groups (broad SMARTS) is 1. The molecule has 0 radical (unpaired) electrons. The van der Waals surface area contributed by atoms with Crippen molar-refractivity contribution in [1.82, 2.24) is 4.90 Å². The summed E-state index contributed by atoms with van der Waals surface area (Å²) in [6.07, 6.45) is 0.438. The molecular formula is C22H31NO5. The number of aliphatic carboxylic acids is 1. The van der Waals surface area contributed by atoms with Crippen molar-refractivity contribution in [3.8, 4) is 5.75 Å². The number of hydrogen-bond acceptors (Lipinski definition) is 4. The Morgan fingerprint density at radius 3 is 2.68 bits per heavy atom. The summed E-state index contributed by atoms with van der Waals surface area (Å²) in [7, 11) is 0. The van der Waals surface area contributed by atoms with Crippen LogP contribution < -0.4 is 4.74 Å². The van der Waals surface area contributed by atoms with Gasteiger partial charge in [0.1, 0.15) is 5.75 Å². The van der Waals surface area contributed by atoms with Crippen LogP contribution in [0.2, 0.25) is 0 Å². The maximum atomic E-state index is 13.3. The Hall–Kier alpha value is -2.08. The first-order valence-electron chi connectivity index (χ1n) is 9.97. The zero-order valence-electron chi connectivity index (χ0n) is 17.4. The van der Waals surface area contributed by atoms with Crippen molar-refractivity contribution < 1.29 is 24.2 Å². The van der Waals surface area contributed by atoms with E-state index in [4.69, 9.17) is 9.47 Å². The van der Waals surface area contributed by atoms with Gasteiger partial charge in [-0.15, -0.1) is 0 Å². The standard InChI is InChI=1S/C22H31NO5/c1-14(2)17-7-6-15(3)10-18(17)28-21(4,5)19(24)23-11-16-12-27-9-8-22(16,13-23)20(25)26/h6-7,10,14,16H,8-9,11-13H2,1-5H3,(H,25,26)/t16-,22+/m1/s1. The molecule has 0 saturated carbocycles. The number of ether oxygens (including phenoxy) is 2. The summed E-state index contributed by atoms with van der Waals surface area (Å²) in [5, 5.41) is 9.84. The van der Waals surface area contributed by atoms with Crippen LogP contribution in [0.5, 0.6) is 5.75 Å². The fourth-order valence-electron chi connectivity index (χ4n) is 4.36. The van der Waals surface area contributed by atoms with Gasteiger partial charge in [-0.05, 0) is 50.3 Å². The van der Waals surface area contributed by atoms with Gasteiger partial charge in [-0.2, -0.15) is 0 Å². The molecule has 1 aromatic rings. The molecular weight excluding hydrogens is 358 g/mol. The highest BCUT2D eigenvalue weighted by Gasteiger charge is 2.56. The van der Waals surface area contributed by atoms with Crippen LogP contribution >= 0.6 is 0 Å². The van der Waals surface area contributed by atoms with E-state index < -0.39 is 17.0 Å². The molecule has 0 unspecified atom stereocenters. The van der Waals surface area contributed by atoms with E-state index >= 15 is 0 Å². The van der Waals surface area contributed by atoms with Crippen LogP contribution in [0.1, 0.15) is 51.2 Å². The Morgan fingerprint density at radius 1 is 1.36 bits per heavy atom. The number of carboxylic acids is 1. The lowest BCUT2D eigenvalue weighted by Crippen LogP contribution is -2.49. The molecule has 1 aromatic carbocycles. The smallest absolute Gasteiger partial charge is 0.311 e. The minimum absolute atomic E-state index is 0.177. The van der Waals surface area contributed by atoms with Crippen LogP contribution in [-0.2, 0) is 14.3 Å². The lowest BCUT2D eigenvalue weighted by atomic mass is 9.74. The van der Waals surface area contributed by atoms with Gasteiger partial charge >= 0.3 is 5.97 Å². The first-order chi connectivity index (χ1) is 13.1. The summed E-state index contributed by atoms with van der Waals surface area (Å²) >= 11 is 0. The quantitative estimate of drug-likeness (QED) is 0.837. The number of fused-ring (bicyclic) bond motifs is 1. The van der Waals surface area contributed by atoms with Crippen molar-refractivity contribution in [3.63, 3.8) is 0 Å². The molecule has 3 rings (SSSR count). The molecule has 2 aliphatic rings. The molecule has 2 atom stereocenters. The third kappa shape index (κ3) is 3.62. The number of likely N-dealkylation sites (tertiary alicyclic amines) is 1. The molecule has 2 fully saturated rings. The molecule has 6 heteroatoms. The lowest BCUT2D eigenvalue weighted by Gasteiger charge is -2.34. The summed E-state index contributed by atoms with van der Waals surface area (Å²) in [6, 6.07) is 6.04. The van der Waals surface area contributed by atoms with E-state index in [1.807, 2.05) is 25.1 Å². The van der Waals surface area contributed by atoms with E-state index in [0.29, 0.717) is 31.9 Å². The van der Waals surface area contributed by atoms with Crippen LogP contribution in [0, 0.1) is 18.3 Å². The molecule has 2 aliphatic heterocycles. The SMILES string of the molecule is Cc1ccc(C(C)C)c(OC(C)(C)C(=O)N2C[C@@H]3COCC[C@]3(C(=O)O)C2)c1. The second kappa shape index (κ2) is 7.39. The van der Waals surface area contributed by atoms with Gasteiger partial charge in [0.05, 0.1) is 12.0 Å². The number of rotatable bonds is 5. The number of nitrogens with zero attached hydrogens (tertiary/aromatic N) is 1. The summed E-state index contributed by atoms with van der Waals surface area (Å²) in [5.41, 5.74) is 0.121. The number of amides is 1. The summed E-state index contributed by atoms with van der Waals surface area (Å²) in [4.78, 5) is 27.0. The monoisotopic (exact) mass is 389 g/mol. The number of carbonyl (C=O) groups is 2. The molecule has 28 heavy (non-hydrogen) atoms. The second-order valence-corrected chi connectivity index (χ2v) is 8.98. The minimum Gasteiger partial charge on any atom is -0.481 e. The molecule has 0 spiro atoms. The van der Waals surface area contributed by atoms with E-state index in [1.165, 1.54) is 0 Å². The van der Waals surface area contributed by atoms with Gasteiger partial charge in [-0.25, -0.2) is 0 Å². The van der Waals surface area contributed by atoms with Crippen molar-refractivity contribution in [3.05, 3.63) is 29.3 Å². The van der Waals surface area contributed by atoms with E-state index in [1.54, 1.807) is 18.7 Å². The van der Waals surface area contributed by atoms with Crippen molar-refractivity contribution >= 4 is 11.9 Å². The van der Waals surface area contributed by atoms with Gasteiger partial charge in [0.15, 0.2) is 5.60 Å². The van der Waals surface area contributed by atoms with Gasteiger partial charge in [-0.3, -0.25) is 9.59 Å². The number of aryl methyl sites for hydroxylation is 1. The Balaban J connectivity index is 1.82. The third-order valence-corrected chi connectivity index (χ3v) is 6.09. The zero-order chi connectivity index (χ0) is 20.7. The van der Waals surface area contributed by atoms with E-state index in [-0.39, 0.29) is 24.3 Å². The van der Waals surface area contributed by atoms with E-state index in [0.717, 1.165) is 11.1 Å². The summed E-state index contributed by atoms with van der Waals surface area (Å²) in [5.74, 6) is -0.220. The van der Waals surface area contributed by atoms with Gasteiger partial charge in [0.2, 0.25) is 0 Å². The first-order valence-corrected chi connectivity index (χ1v) is 9.97. The predicted octanol–water partition coefficient (Wildman–Crippen LogP) is 3.23. The fourth-order valence-corrected chi connectivity index (χ4v) is 4.36. The predicted molar refractivity (Wildman–Crippen MR) is 106 cm³/mol. The number of hydrogen-bond donors (Lipinski definition) is 1. The molecule has 154 valence electrons. The van der Waals surface area contributed by atoms with Crippen molar-refractivity contribution in [2.45, 2.75) is 52.6 Å². The van der Waals surface area contributed by atoms with Gasteiger partial charge in [0, 0.05) is 25.6 Å². The molecule has 0 bridgehead atoms. The van der Waals surface area contributed by atoms with Crippen LogP contribution in [0.3, 0.4) is 0 Å². The fraction of sp³-hybridized carbons (Fsp3) is 0.636. The molecule has 1 N–H and O–H groups in total. The highest BCUT2D eigenvalue weighted by molar-refractivity contribution is 5.87. The molecule has 2 heterocycles. The summed E-state index contributed by atoms with van der Waals surface area (Å²) in [6.45, 7) is 11.1. The molecule has 2 saturated heterocycles. The Morgan fingerprint density at radius 2 is 2.07 bits per heavy atom. The molecule has 0 aromatic heterocycles. The Kier molecular flexibility index (Phi) is 5.45. The normalized spacial score (nSPS) is 24.9. The van der Waals surface area contributed by atoms with Crippen molar-refractivity contribution in [1.29, 1.82) is 0 Å². The highest BCUT2D eigenvalue weighted by atomic mass is 16.5. The largest absolute Gasteiger partial charge is 0.481 e. The van der Waals surface area contributed by atoms with E-state index in [2.05, 4.69) is 13.8 Å². The molecule has 0 aliphatic carbocycles. The average Bonchev–Trinajstić information content (AvgIpc) is 3.01. The molecule has 6 nitrogen and oxygen atoms in total. The molecule has 1 amide bonds. The maximum Gasteiger partial charge on any atom is 0.311 e.